The molecule has 1 aromatic carbocycles. The fraction of sp³-hybridized carbons (Fsp3) is 0.455. The zero-order valence-electron chi connectivity index (χ0n) is 17.8. The van der Waals surface area contributed by atoms with E-state index in [9.17, 15) is 4.79 Å². The van der Waals surface area contributed by atoms with E-state index in [2.05, 4.69) is 25.5 Å². The number of benzene rings is 1. The lowest BCUT2D eigenvalue weighted by Crippen LogP contribution is -2.57. The second-order valence-corrected chi connectivity index (χ2v) is 8.39. The second kappa shape index (κ2) is 9.67. The van der Waals surface area contributed by atoms with E-state index < -0.39 is 5.60 Å². The van der Waals surface area contributed by atoms with Crippen LogP contribution in [0.15, 0.2) is 36.7 Å². The third-order valence-corrected chi connectivity index (χ3v) is 4.65. The van der Waals surface area contributed by atoms with Crippen molar-refractivity contribution in [3.63, 3.8) is 0 Å². The van der Waals surface area contributed by atoms with E-state index in [1.54, 1.807) is 6.20 Å². The number of alkyl carbamates (subject to hydrolysis) is 1. The molecule has 160 valence electrons. The Kier molecular flexibility index (Phi) is 6.99. The van der Waals surface area contributed by atoms with Gasteiger partial charge in [-0.15, -0.1) is 0 Å². The third-order valence-electron chi connectivity index (χ3n) is 4.65. The molecular weight excluding hydrogens is 380 g/mol. The molecule has 3 rings (SSSR count). The van der Waals surface area contributed by atoms with Crippen LogP contribution in [0.2, 0.25) is 0 Å². The molecule has 0 spiro atoms. The van der Waals surface area contributed by atoms with E-state index in [0.717, 1.165) is 37.1 Å². The Bertz CT molecular complexity index is 915. The van der Waals surface area contributed by atoms with E-state index >= 15 is 0 Å². The average Bonchev–Trinajstić information content (AvgIpc) is 2.67. The molecule has 2 heterocycles. The molecule has 0 unspecified atom stereocenters. The minimum atomic E-state index is -0.471. The largest absolute Gasteiger partial charge is 0.444 e. The molecule has 8 heteroatoms. The van der Waals surface area contributed by atoms with Crippen molar-refractivity contribution >= 4 is 28.9 Å². The van der Waals surface area contributed by atoms with E-state index in [1.807, 2.05) is 51.2 Å². The van der Waals surface area contributed by atoms with Gasteiger partial charge in [0.1, 0.15) is 5.60 Å². The zero-order chi connectivity index (χ0) is 21.6. The summed E-state index contributed by atoms with van der Waals surface area (Å²) in [7, 11) is 0. The first-order valence-electron chi connectivity index (χ1n) is 10.2. The number of hydrogen-bond donors (Lipinski definition) is 3. The molecule has 8 nitrogen and oxygen atoms in total. The van der Waals surface area contributed by atoms with Crippen LogP contribution in [0, 0.1) is 5.41 Å². The summed E-state index contributed by atoms with van der Waals surface area (Å²) in [5.74, 6) is 0. The van der Waals surface area contributed by atoms with Crippen molar-refractivity contribution in [2.45, 2.75) is 38.8 Å². The van der Waals surface area contributed by atoms with Gasteiger partial charge in [-0.05, 0) is 45.9 Å². The maximum atomic E-state index is 11.6. The second-order valence-electron chi connectivity index (χ2n) is 8.39. The van der Waals surface area contributed by atoms with Crippen LogP contribution in [0.1, 0.15) is 32.9 Å². The summed E-state index contributed by atoms with van der Waals surface area (Å²) >= 11 is 0. The highest BCUT2D eigenvalue weighted by molar-refractivity contribution is 6.07. The van der Waals surface area contributed by atoms with Crippen molar-refractivity contribution in [2.24, 2.45) is 0 Å². The summed E-state index contributed by atoms with van der Waals surface area (Å²) in [4.78, 5) is 22.9. The van der Waals surface area contributed by atoms with Crippen LogP contribution in [-0.2, 0) is 4.74 Å². The predicted molar refractivity (Wildman–Crippen MR) is 119 cm³/mol. The van der Waals surface area contributed by atoms with Gasteiger partial charge in [-0.25, -0.2) is 9.78 Å². The van der Waals surface area contributed by atoms with Crippen LogP contribution >= 0.6 is 0 Å². The molecule has 1 aliphatic heterocycles. The first-order chi connectivity index (χ1) is 14.3. The number of amides is 1. The topological polar surface area (TPSA) is 103 Å². The van der Waals surface area contributed by atoms with Gasteiger partial charge in [0.25, 0.3) is 0 Å². The molecule has 30 heavy (non-hydrogen) atoms. The van der Waals surface area contributed by atoms with Gasteiger partial charge in [-0.1, -0.05) is 12.1 Å². The fourth-order valence-electron chi connectivity index (χ4n) is 3.16. The summed E-state index contributed by atoms with van der Waals surface area (Å²) in [5.41, 5.74) is 2.57. The molecule has 0 saturated carbocycles. The van der Waals surface area contributed by atoms with Gasteiger partial charge in [-0.3, -0.25) is 9.88 Å². The molecule has 1 amide bonds. The van der Waals surface area contributed by atoms with Crippen molar-refractivity contribution in [3.8, 4) is 0 Å². The lowest BCUT2D eigenvalue weighted by Gasteiger charge is -2.39. The van der Waals surface area contributed by atoms with E-state index in [0.29, 0.717) is 23.9 Å². The van der Waals surface area contributed by atoms with Crippen molar-refractivity contribution in [3.05, 3.63) is 42.4 Å². The number of carbonyl (C=O) groups excluding carboxylic acids is 1. The number of fused-ring (bicyclic) bond motifs is 1. The monoisotopic (exact) mass is 410 g/mol. The van der Waals surface area contributed by atoms with Crippen LogP contribution in [0.4, 0.5) is 4.79 Å². The molecule has 0 bridgehead atoms. The molecule has 0 radical (unpaired) electrons. The van der Waals surface area contributed by atoms with Gasteiger partial charge in [0.15, 0.2) is 0 Å². The first kappa shape index (κ1) is 21.7. The van der Waals surface area contributed by atoms with Crippen molar-refractivity contribution in [2.75, 3.05) is 26.2 Å². The average molecular weight is 411 g/mol. The molecular formula is C22H30N6O2. The van der Waals surface area contributed by atoms with Crippen molar-refractivity contribution < 1.29 is 9.53 Å². The maximum absolute atomic E-state index is 11.6. The summed E-state index contributed by atoms with van der Waals surface area (Å²) in [6.45, 7) is 8.93. The number of nitrogens with one attached hydrogen (secondary N) is 3. The van der Waals surface area contributed by atoms with E-state index in [-0.39, 0.29) is 6.09 Å². The summed E-state index contributed by atoms with van der Waals surface area (Å²) in [6.07, 6.45) is 5.35. The standard InChI is InChI=1S/C22H30N6O2/c1-22(2,3)30-21(29)24-9-6-10-28-14-17(15-28)25-12-16(11-23)20-13-26-18-7-4-5-8-19(18)27-20/h4-5,7-8,11-13,17,23,25H,6,9-10,14-15H2,1-3H3,(H,24,29)/b16-12+,23-11?. The highest BCUT2D eigenvalue weighted by Crippen LogP contribution is 2.14. The number of ether oxygens (including phenoxy) is 1. The molecule has 1 fully saturated rings. The smallest absolute Gasteiger partial charge is 0.407 e. The van der Waals surface area contributed by atoms with Crippen LogP contribution in [0.5, 0.6) is 0 Å². The fourth-order valence-corrected chi connectivity index (χ4v) is 3.16. The molecule has 3 N–H and O–H groups in total. The minimum absolute atomic E-state index is 0.340. The quantitative estimate of drug-likeness (QED) is 0.457. The Morgan fingerprint density at radius 1 is 1.30 bits per heavy atom. The van der Waals surface area contributed by atoms with Crippen molar-refractivity contribution in [1.82, 2.24) is 25.5 Å². The molecule has 1 aromatic heterocycles. The van der Waals surface area contributed by atoms with Crippen LogP contribution in [0.25, 0.3) is 16.6 Å². The maximum Gasteiger partial charge on any atom is 0.407 e. The summed E-state index contributed by atoms with van der Waals surface area (Å²) in [6, 6.07) is 8.04. The molecule has 0 atom stereocenters. The van der Waals surface area contributed by atoms with Gasteiger partial charge in [-0.2, -0.15) is 0 Å². The molecule has 0 aliphatic carbocycles. The predicted octanol–water partition coefficient (Wildman–Crippen LogP) is 2.81. The highest BCUT2D eigenvalue weighted by Gasteiger charge is 2.25. The normalized spacial score (nSPS) is 15.5. The van der Waals surface area contributed by atoms with Crippen molar-refractivity contribution in [1.29, 1.82) is 5.41 Å². The van der Waals surface area contributed by atoms with Gasteiger partial charge < -0.3 is 20.8 Å². The van der Waals surface area contributed by atoms with E-state index in [4.69, 9.17) is 10.1 Å². The Hall–Kier alpha value is -3.00. The van der Waals surface area contributed by atoms with Crippen LogP contribution in [0.3, 0.4) is 0 Å². The number of para-hydroxylation sites is 2. The van der Waals surface area contributed by atoms with Gasteiger partial charge in [0, 0.05) is 37.6 Å². The van der Waals surface area contributed by atoms with Gasteiger partial charge >= 0.3 is 6.09 Å². The number of hydrogen-bond acceptors (Lipinski definition) is 7. The van der Waals surface area contributed by atoms with Gasteiger partial charge in [0.2, 0.25) is 0 Å². The molecule has 2 aromatic rings. The molecule has 1 aliphatic rings. The van der Waals surface area contributed by atoms with Crippen LogP contribution < -0.4 is 10.6 Å². The summed E-state index contributed by atoms with van der Waals surface area (Å²) in [5, 5.41) is 13.9. The number of nitrogens with zero attached hydrogens (tertiary/aromatic N) is 3. The minimum Gasteiger partial charge on any atom is -0.444 e. The summed E-state index contributed by atoms with van der Waals surface area (Å²) < 4.78 is 5.22. The Morgan fingerprint density at radius 3 is 2.73 bits per heavy atom. The number of carbonyl (C=O) groups is 1. The Morgan fingerprint density at radius 2 is 2.03 bits per heavy atom. The first-order valence-corrected chi connectivity index (χ1v) is 10.2. The molecule has 1 saturated heterocycles. The zero-order valence-corrected chi connectivity index (χ0v) is 17.8. The van der Waals surface area contributed by atoms with Crippen LogP contribution in [-0.4, -0.2) is 65.0 Å². The van der Waals surface area contributed by atoms with E-state index in [1.165, 1.54) is 6.21 Å². The Balaban J connectivity index is 1.39. The highest BCUT2D eigenvalue weighted by atomic mass is 16.6. The lowest BCUT2D eigenvalue weighted by atomic mass is 10.1. The number of allylic oxidation sites excluding steroid dienone is 1. The number of rotatable bonds is 8. The number of likely N-dealkylation sites (tertiary alicyclic amines) is 1. The third kappa shape index (κ3) is 6.25. The van der Waals surface area contributed by atoms with Gasteiger partial charge in [0.05, 0.1) is 29.0 Å². The lowest BCUT2D eigenvalue weighted by molar-refractivity contribution is 0.0522. The Labute approximate surface area is 177 Å². The SMILES string of the molecule is CC(C)(C)OC(=O)NCCCN1CC(N/C=C(\C=N)c2cnc3ccccc3n2)C1. The number of aromatic nitrogens is 2.